The van der Waals surface area contributed by atoms with Crippen LogP contribution < -0.4 is 16.6 Å². The average molecular weight is 251 g/mol. The van der Waals surface area contributed by atoms with Gasteiger partial charge in [-0.05, 0) is 6.42 Å². The highest BCUT2D eigenvalue weighted by atomic mass is 19.1. The first kappa shape index (κ1) is 12.2. The standard InChI is InChI=1S/C10H14FN7/c11-8-6-15-10(17-12)16-9(8)14-2-1-4-18-5-3-13-7-18/h3,5-7H,1-2,4,12H2,(H2,14,15,16,17). The van der Waals surface area contributed by atoms with Crippen LogP contribution in [-0.4, -0.2) is 26.1 Å². The Morgan fingerprint density at radius 2 is 2.33 bits per heavy atom. The zero-order valence-corrected chi connectivity index (χ0v) is 9.67. The third kappa shape index (κ3) is 3.14. The van der Waals surface area contributed by atoms with Crippen molar-refractivity contribution in [3.8, 4) is 0 Å². The molecular formula is C10H14FN7. The molecule has 0 amide bonds. The van der Waals surface area contributed by atoms with E-state index in [0.29, 0.717) is 6.54 Å². The number of imidazole rings is 1. The number of rotatable bonds is 6. The molecule has 96 valence electrons. The van der Waals surface area contributed by atoms with Crippen LogP contribution in [0.25, 0.3) is 0 Å². The number of aryl methyl sites for hydroxylation is 1. The number of nitrogens with zero attached hydrogens (tertiary/aromatic N) is 4. The predicted octanol–water partition coefficient (Wildman–Crippen LogP) is 0.600. The third-order valence-electron chi connectivity index (χ3n) is 2.32. The third-order valence-corrected chi connectivity index (χ3v) is 2.32. The maximum atomic E-state index is 13.3. The van der Waals surface area contributed by atoms with Crippen molar-refractivity contribution >= 4 is 11.8 Å². The first-order valence-electron chi connectivity index (χ1n) is 5.48. The van der Waals surface area contributed by atoms with Crippen molar-refractivity contribution in [1.29, 1.82) is 0 Å². The van der Waals surface area contributed by atoms with Gasteiger partial charge in [0.05, 0.1) is 12.5 Å². The Morgan fingerprint density at radius 1 is 1.44 bits per heavy atom. The predicted molar refractivity (Wildman–Crippen MR) is 65.1 cm³/mol. The monoisotopic (exact) mass is 251 g/mol. The van der Waals surface area contributed by atoms with Gasteiger partial charge in [-0.2, -0.15) is 4.98 Å². The molecule has 0 bridgehead atoms. The first-order valence-corrected chi connectivity index (χ1v) is 5.48. The minimum Gasteiger partial charge on any atom is -0.367 e. The second-order valence-electron chi connectivity index (χ2n) is 3.62. The van der Waals surface area contributed by atoms with Crippen LogP contribution in [0.2, 0.25) is 0 Å². The number of anilines is 2. The molecule has 8 heteroatoms. The highest BCUT2D eigenvalue weighted by Gasteiger charge is 2.05. The Balaban J connectivity index is 1.82. The molecule has 0 atom stereocenters. The fraction of sp³-hybridized carbons (Fsp3) is 0.300. The van der Waals surface area contributed by atoms with Crippen molar-refractivity contribution in [2.75, 3.05) is 17.3 Å². The van der Waals surface area contributed by atoms with Gasteiger partial charge in [0.25, 0.3) is 0 Å². The lowest BCUT2D eigenvalue weighted by atomic mass is 10.4. The normalized spacial score (nSPS) is 10.3. The molecule has 0 unspecified atom stereocenters. The molecule has 2 aromatic rings. The maximum absolute atomic E-state index is 13.3. The van der Waals surface area contributed by atoms with Crippen LogP contribution >= 0.6 is 0 Å². The lowest BCUT2D eigenvalue weighted by Crippen LogP contribution is -2.14. The van der Waals surface area contributed by atoms with Crippen molar-refractivity contribution in [1.82, 2.24) is 19.5 Å². The van der Waals surface area contributed by atoms with Crippen LogP contribution in [0.3, 0.4) is 0 Å². The van der Waals surface area contributed by atoms with Gasteiger partial charge >= 0.3 is 0 Å². The maximum Gasteiger partial charge on any atom is 0.239 e. The molecule has 0 aliphatic carbocycles. The molecule has 0 radical (unpaired) electrons. The van der Waals surface area contributed by atoms with Gasteiger partial charge in [-0.25, -0.2) is 20.2 Å². The van der Waals surface area contributed by atoms with E-state index in [0.717, 1.165) is 19.2 Å². The Hall–Kier alpha value is -2.22. The molecule has 0 aliphatic heterocycles. The molecule has 2 aromatic heterocycles. The van der Waals surface area contributed by atoms with E-state index >= 15 is 0 Å². The zero-order chi connectivity index (χ0) is 12.8. The highest BCUT2D eigenvalue weighted by Crippen LogP contribution is 2.10. The van der Waals surface area contributed by atoms with Gasteiger partial charge < -0.3 is 9.88 Å². The summed E-state index contributed by atoms with van der Waals surface area (Å²) in [6.45, 7) is 1.40. The number of nitrogens with one attached hydrogen (secondary N) is 2. The molecule has 18 heavy (non-hydrogen) atoms. The number of nitrogen functional groups attached to an aromatic ring is 1. The van der Waals surface area contributed by atoms with E-state index in [1.807, 2.05) is 10.8 Å². The molecule has 0 aromatic carbocycles. The van der Waals surface area contributed by atoms with Crippen molar-refractivity contribution in [3.05, 3.63) is 30.7 Å². The number of hydrazine groups is 1. The fourth-order valence-electron chi connectivity index (χ4n) is 1.45. The van der Waals surface area contributed by atoms with E-state index < -0.39 is 5.82 Å². The Bertz CT molecular complexity index is 485. The largest absolute Gasteiger partial charge is 0.367 e. The van der Waals surface area contributed by atoms with E-state index in [1.165, 1.54) is 0 Å². The summed E-state index contributed by atoms with van der Waals surface area (Å²) in [6.07, 6.45) is 7.23. The summed E-state index contributed by atoms with van der Waals surface area (Å²) in [7, 11) is 0. The van der Waals surface area contributed by atoms with Crippen LogP contribution in [-0.2, 0) is 6.54 Å². The SMILES string of the molecule is NNc1ncc(F)c(NCCCn2ccnc2)n1. The molecule has 7 nitrogen and oxygen atoms in total. The minimum absolute atomic E-state index is 0.142. The fourth-order valence-corrected chi connectivity index (χ4v) is 1.45. The molecule has 0 fully saturated rings. The van der Waals surface area contributed by atoms with Crippen LogP contribution in [0.4, 0.5) is 16.2 Å². The zero-order valence-electron chi connectivity index (χ0n) is 9.67. The molecule has 2 rings (SSSR count). The van der Waals surface area contributed by atoms with Gasteiger partial charge in [-0.15, -0.1) is 0 Å². The summed E-state index contributed by atoms with van der Waals surface area (Å²) in [5.41, 5.74) is 2.27. The Kier molecular flexibility index (Phi) is 4.02. The van der Waals surface area contributed by atoms with Gasteiger partial charge in [0.2, 0.25) is 5.95 Å². The summed E-state index contributed by atoms with van der Waals surface area (Å²) in [5, 5.41) is 2.89. The second-order valence-corrected chi connectivity index (χ2v) is 3.62. The molecule has 0 spiro atoms. The van der Waals surface area contributed by atoms with Gasteiger partial charge in [-0.3, -0.25) is 5.43 Å². The van der Waals surface area contributed by atoms with Crippen LogP contribution in [0.1, 0.15) is 6.42 Å². The van der Waals surface area contributed by atoms with Crippen molar-refractivity contribution in [2.24, 2.45) is 5.84 Å². The summed E-state index contributed by atoms with van der Waals surface area (Å²) < 4.78 is 15.3. The van der Waals surface area contributed by atoms with Crippen molar-refractivity contribution in [2.45, 2.75) is 13.0 Å². The molecule has 4 N–H and O–H groups in total. The van der Waals surface area contributed by atoms with Gasteiger partial charge in [0.1, 0.15) is 0 Å². The van der Waals surface area contributed by atoms with E-state index in [-0.39, 0.29) is 11.8 Å². The summed E-state index contributed by atoms with van der Waals surface area (Å²) in [5.74, 6) is 4.97. The van der Waals surface area contributed by atoms with Crippen LogP contribution in [0.5, 0.6) is 0 Å². The molecular weight excluding hydrogens is 237 g/mol. The molecule has 0 saturated heterocycles. The summed E-state index contributed by atoms with van der Waals surface area (Å²) in [4.78, 5) is 11.5. The van der Waals surface area contributed by atoms with E-state index in [9.17, 15) is 4.39 Å². The topological polar surface area (TPSA) is 93.7 Å². The van der Waals surface area contributed by atoms with Crippen LogP contribution in [0, 0.1) is 5.82 Å². The molecule has 2 heterocycles. The van der Waals surface area contributed by atoms with Crippen molar-refractivity contribution < 1.29 is 4.39 Å². The first-order chi connectivity index (χ1) is 8.79. The minimum atomic E-state index is -0.503. The van der Waals surface area contributed by atoms with Gasteiger partial charge in [0, 0.05) is 25.5 Å². The number of hydrogen-bond donors (Lipinski definition) is 3. The summed E-state index contributed by atoms with van der Waals surface area (Å²) in [6, 6.07) is 0. The number of aromatic nitrogens is 4. The smallest absolute Gasteiger partial charge is 0.239 e. The van der Waals surface area contributed by atoms with E-state index in [4.69, 9.17) is 5.84 Å². The average Bonchev–Trinajstić information content (AvgIpc) is 2.89. The highest BCUT2D eigenvalue weighted by molar-refractivity contribution is 5.40. The van der Waals surface area contributed by atoms with Gasteiger partial charge in [-0.1, -0.05) is 0 Å². The molecule has 0 aliphatic rings. The van der Waals surface area contributed by atoms with Gasteiger partial charge in [0.15, 0.2) is 11.6 Å². The number of nitrogens with two attached hydrogens (primary N) is 1. The van der Waals surface area contributed by atoms with E-state index in [2.05, 4.69) is 25.7 Å². The molecule has 0 saturated carbocycles. The second kappa shape index (κ2) is 5.92. The quantitative estimate of drug-likeness (QED) is 0.395. The lowest BCUT2D eigenvalue weighted by Gasteiger charge is -2.07. The Labute approximate surface area is 103 Å². The number of hydrogen-bond acceptors (Lipinski definition) is 6. The summed E-state index contributed by atoms with van der Waals surface area (Å²) >= 11 is 0. The Morgan fingerprint density at radius 3 is 3.06 bits per heavy atom. The van der Waals surface area contributed by atoms with E-state index in [1.54, 1.807) is 12.5 Å². The lowest BCUT2D eigenvalue weighted by molar-refractivity contribution is 0.612. The van der Waals surface area contributed by atoms with Crippen molar-refractivity contribution in [3.63, 3.8) is 0 Å². The van der Waals surface area contributed by atoms with Crippen LogP contribution in [0.15, 0.2) is 24.9 Å². The number of halogens is 1.